The first-order valence-electron chi connectivity index (χ1n) is 6.01. The number of nitrogens with one attached hydrogen (secondary N) is 1. The summed E-state index contributed by atoms with van der Waals surface area (Å²) >= 11 is 3.37. The fourth-order valence-corrected chi connectivity index (χ4v) is 2.52. The van der Waals surface area contributed by atoms with Gasteiger partial charge in [-0.3, -0.25) is 0 Å². The summed E-state index contributed by atoms with van der Waals surface area (Å²) in [7, 11) is 1.73. The molecule has 1 atom stereocenters. The minimum atomic E-state index is -4.33. The van der Waals surface area contributed by atoms with Crippen molar-refractivity contribution < 1.29 is 13.2 Å². The predicted molar refractivity (Wildman–Crippen MR) is 76.5 cm³/mol. The van der Waals surface area contributed by atoms with Crippen LogP contribution in [-0.2, 0) is 6.18 Å². The van der Waals surface area contributed by atoms with Gasteiger partial charge < -0.3 is 5.32 Å². The summed E-state index contributed by atoms with van der Waals surface area (Å²) in [6, 6.07) is 12.6. The molecule has 5 heteroatoms. The first-order chi connectivity index (χ1) is 9.41. The summed E-state index contributed by atoms with van der Waals surface area (Å²) in [6.07, 6.45) is -4.33. The lowest BCUT2D eigenvalue weighted by molar-refractivity contribution is -0.137. The lowest BCUT2D eigenvalue weighted by Crippen LogP contribution is -2.18. The molecule has 0 aliphatic carbocycles. The van der Waals surface area contributed by atoms with Crippen LogP contribution in [0.5, 0.6) is 0 Å². The second-order valence-electron chi connectivity index (χ2n) is 4.40. The first-order valence-corrected chi connectivity index (χ1v) is 6.81. The Morgan fingerprint density at radius 3 is 2.15 bits per heavy atom. The summed E-state index contributed by atoms with van der Waals surface area (Å²) in [6.45, 7) is 0. The molecule has 0 saturated heterocycles. The van der Waals surface area contributed by atoms with Gasteiger partial charge in [0.05, 0.1) is 11.6 Å². The Labute approximate surface area is 123 Å². The van der Waals surface area contributed by atoms with Crippen molar-refractivity contribution >= 4 is 15.9 Å². The summed E-state index contributed by atoms with van der Waals surface area (Å²) in [5.41, 5.74) is 0.854. The summed E-state index contributed by atoms with van der Waals surface area (Å²) in [4.78, 5) is 0. The van der Waals surface area contributed by atoms with E-state index in [-0.39, 0.29) is 6.04 Å². The van der Waals surface area contributed by atoms with Crippen LogP contribution in [0.4, 0.5) is 13.2 Å². The van der Waals surface area contributed by atoms with Gasteiger partial charge in [0, 0.05) is 4.47 Å². The number of hydrogen-bond acceptors (Lipinski definition) is 1. The standard InChI is InChI=1S/C15H13BrF3N/c1-20-14(11-5-3-7-13(16)9-11)10-4-2-6-12(8-10)15(17,18)19/h2-9,14,20H,1H3. The molecule has 0 radical (unpaired) electrons. The number of halogens is 4. The van der Waals surface area contributed by atoms with Gasteiger partial charge in [0.25, 0.3) is 0 Å². The van der Waals surface area contributed by atoms with E-state index in [2.05, 4.69) is 21.2 Å². The summed E-state index contributed by atoms with van der Waals surface area (Å²) in [5, 5.41) is 3.05. The highest BCUT2D eigenvalue weighted by atomic mass is 79.9. The van der Waals surface area contributed by atoms with E-state index >= 15 is 0 Å². The van der Waals surface area contributed by atoms with Crippen LogP contribution in [-0.4, -0.2) is 7.05 Å². The molecule has 2 rings (SSSR count). The third-order valence-corrected chi connectivity index (χ3v) is 3.51. The third-order valence-electron chi connectivity index (χ3n) is 3.02. The topological polar surface area (TPSA) is 12.0 Å². The molecule has 106 valence electrons. The molecule has 0 amide bonds. The van der Waals surface area contributed by atoms with Crippen LogP contribution in [0.1, 0.15) is 22.7 Å². The van der Waals surface area contributed by atoms with E-state index in [9.17, 15) is 13.2 Å². The first kappa shape index (κ1) is 15.1. The third kappa shape index (κ3) is 3.41. The molecular weight excluding hydrogens is 331 g/mol. The van der Waals surface area contributed by atoms with E-state index in [0.717, 1.165) is 16.1 Å². The van der Waals surface area contributed by atoms with Gasteiger partial charge in [-0.15, -0.1) is 0 Å². The van der Waals surface area contributed by atoms with Crippen LogP contribution in [0.3, 0.4) is 0 Å². The molecule has 2 aromatic rings. The van der Waals surface area contributed by atoms with Crippen molar-refractivity contribution in [2.24, 2.45) is 0 Å². The average Bonchev–Trinajstić information content (AvgIpc) is 2.39. The van der Waals surface area contributed by atoms with Crippen molar-refractivity contribution in [1.82, 2.24) is 5.32 Å². The van der Waals surface area contributed by atoms with E-state index in [1.165, 1.54) is 12.1 Å². The second-order valence-corrected chi connectivity index (χ2v) is 5.32. The Hall–Kier alpha value is -1.33. The highest BCUT2D eigenvalue weighted by Crippen LogP contribution is 2.32. The van der Waals surface area contributed by atoms with Crippen LogP contribution < -0.4 is 5.32 Å². The Balaban J connectivity index is 2.42. The molecular formula is C15H13BrF3N. The zero-order valence-electron chi connectivity index (χ0n) is 10.7. The average molecular weight is 344 g/mol. The quantitative estimate of drug-likeness (QED) is 0.845. The molecule has 1 unspecified atom stereocenters. The second kappa shape index (κ2) is 5.97. The fourth-order valence-electron chi connectivity index (χ4n) is 2.11. The molecule has 0 bridgehead atoms. The van der Waals surface area contributed by atoms with Gasteiger partial charge in [0.15, 0.2) is 0 Å². The molecule has 0 saturated carbocycles. The maximum atomic E-state index is 12.8. The Morgan fingerprint density at radius 2 is 1.60 bits per heavy atom. The van der Waals surface area contributed by atoms with Crippen LogP contribution in [0.2, 0.25) is 0 Å². The molecule has 0 aromatic heterocycles. The minimum absolute atomic E-state index is 0.283. The van der Waals surface area contributed by atoms with E-state index in [1.807, 2.05) is 24.3 Å². The van der Waals surface area contributed by atoms with Crippen LogP contribution in [0.25, 0.3) is 0 Å². The molecule has 0 fully saturated rings. The van der Waals surface area contributed by atoms with Gasteiger partial charge in [-0.2, -0.15) is 13.2 Å². The molecule has 2 aromatic carbocycles. The predicted octanol–water partition coefficient (Wildman–Crippen LogP) is 4.78. The lowest BCUT2D eigenvalue weighted by atomic mass is 9.97. The number of rotatable bonds is 3. The van der Waals surface area contributed by atoms with E-state index in [0.29, 0.717) is 5.56 Å². The Bertz CT molecular complexity index is 596. The SMILES string of the molecule is CNC(c1cccc(Br)c1)c1cccc(C(F)(F)F)c1. The van der Waals surface area contributed by atoms with Crippen LogP contribution in [0.15, 0.2) is 53.0 Å². The van der Waals surface area contributed by atoms with Crippen molar-refractivity contribution in [3.05, 3.63) is 69.7 Å². The molecule has 1 nitrogen and oxygen atoms in total. The number of alkyl halides is 3. The van der Waals surface area contributed by atoms with Gasteiger partial charge in [-0.1, -0.05) is 40.2 Å². The fraction of sp³-hybridized carbons (Fsp3) is 0.200. The Morgan fingerprint density at radius 1 is 1.00 bits per heavy atom. The molecule has 0 heterocycles. The molecule has 0 spiro atoms. The lowest BCUT2D eigenvalue weighted by Gasteiger charge is -2.19. The molecule has 0 aliphatic heterocycles. The van der Waals surface area contributed by atoms with Crippen LogP contribution >= 0.6 is 15.9 Å². The van der Waals surface area contributed by atoms with Gasteiger partial charge in [-0.05, 0) is 42.4 Å². The zero-order chi connectivity index (χ0) is 14.8. The van der Waals surface area contributed by atoms with Crippen molar-refractivity contribution in [3.63, 3.8) is 0 Å². The molecule has 20 heavy (non-hydrogen) atoms. The monoisotopic (exact) mass is 343 g/mol. The van der Waals surface area contributed by atoms with E-state index in [4.69, 9.17) is 0 Å². The van der Waals surface area contributed by atoms with E-state index < -0.39 is 11.7 Å². The smallest absolute Gasteiger partial charge is 0.309 e. The summed E-state index contributed by atoms with van der Waals surface area (Å²) < 4.78 is 39.2. The number of benzene rings is 2. The van der Waals surface area contributed by atoms with E-state index in [1.54, 1.807) is 13.1 Å². The summed E-state index contributed by atoms with van der Waals surface area (Å²) in [5.74, 6) is 0. The maximum Gasteiger partial charge on any atom is 0.416 e. The Kier molecular flexibility index (Phi) is 4.50. The largest absolute Gasteiger partial charge is 0.416 e. The van der Waals surface area contributed by atoms with Crippen molar-refractivity contribution in [1.29, 1.82) is 0 Å². The highest BCUT2D eigenvalue weighted by molar-refractivity contribution is 9.10. The molecule has 0 aliphatic rings. The van der Waals surface area contributed by atoms with Gasteiger partial charge in [0.1, 0.15) is 0 Å². The normalized spacial score (nSPS) is 13.2. The number of hydrogen-bond donors (Lipinski definition) is 1. The zero-order valence-corrected chi connectivity index (χ0v) is 12.3. The van der Waals surface area contributed by atoms with Crippen molar-refractivity contribution in [2.75, 3.05) is 7.05 Å². The van der Waals surface area contributed by atoms with Gasteiger partial charge >= 0.3 is 6.18 Å². The molecule has 1 N–H and O–H groups in total. The van der Waals surface area contributed by atoms with Crippen molar-refractivity contribution in [3.8, 4) is 0 Å². The minimum Gasteiger partial charge on any atom is -0.309 e. The maximum absolute atomic E-state index is 12.8. The van der Waals surface area contributed by atoms with Crippen LogP contribution in [0, 0.1) is 0 Å². The highest BCUT2D eigenvalue weighted by Gasteiger charge is 2.31. The van der Waals surface area contributed by atoms with Gasteiger partial charge in [-0.25, -0.2) is 0 Å². The van der Waals surface area contributed by atoms with Gasteiger partial charge in [0.2, 0.25) is 0 Å². The van der Waals surface area contributed by atoms with Crippen molar-refractivity contribution in [2.45, 2.75) is 12.2 Å².